The minimum absolute atomic E-state index is 1.01. The molecule has 2 heterocycles. The zero-order valence-corrected chi connectivity index (χ0v) is 11.2. The molecule has 0 amide bonds. The van der Waals surface area contributed by atoms with E-state index in [1.807, 2.05) is 24.4 Å². The van der Waals surface area contributed by atoms with Crippen LogP contribution in [0, 0.1) is 0 Å². The van der Waals surface area contributed by atoms with Crippen LogP contribution in [-0.4, -0.2) is 26.8 Å². The quantitative estimate of drug-likeness (QED) is 0.639. The van der Waals surface area contributed by atoms with Crippen LogP contribution in [0.15, 0.2) is 52.6 Å². The molecule has 2 aromatic rings. The van der Waals surface area contributed by atoms with Crippen molar-refractivity contribution in [1.82, 2.24) is 9.97 Å². The molecule has 0 saturated carbocycles. The first kappa shape index (κ1) is 11.1. The molecule has 0 N–H and O–H groups in total. The summed E-state index contributed by atoms with van der Waals surface area (Å²) in [4.78, 5) is 10.6. The number of hydrogen-bond acceptors (Lipinski definition) is 4. The van der Waals surface area contributed by atoms with Crippen LogP contribution in [0.4, 0.5) is 0 Å². The Morgan fingerprint density at radius 1 is 1.07 bits per heavy atom. The summed E-state index contributed by atoms with van der Waals surface area (Å²) in [6, 6.07) is 8.00. The summed E-state index contributed by atoms with van der Waals surface area (Å²) in [5.74, 6) is 0. The van der Waals surface area contributed by atoms with Crippen molar-refractivity contribution in [2.45, 2.75) is 9.79 Å². The van der Waals surface area contributed by atoms with Crippen molar-refractivity contribution in [3.05, 3.63) is 42.9 Å². The van der Waals surface area contributed by atoms with E-state index in [2.05, 4.69) is 32.9 Å². The molecule has 0 fully saturated rings. The van der Waals surface area contributed by atoms with Gasteiger partial charge in [-0.1, -0.05) is 0 Å². The molecule has 0 aromatic carbocycles. The van der Waals surface area contributed by atoms with Crippen LogP contribution in [0.2, 0.25) is 0 Å². The van der Waals surface area contributed by atoms with E-state index in [-0.39, 0.29) is 0 Å². The van der Waals surface area contributed by atoms with Crippen molar-refractivity contribution in [1.29, 1.82) is 0 Å². The molecule has 0 unspecified atom stereocenters. The third-order valence-corrected chi connectivity index (χ3v) is 5.08. The van der Waals surface area contributed by atoms with Crippen molar-refractivity contribution in [2.24, 2.45) is 0 Å². The monoisotopic (exact) mass is 294 g/mol. The fourth-order valence-corrected chi connectivity index (χ4v) is 3.87. The van der Waals surface area contributed by atoms with E-state index in [0.29, 0.717) is 0 Å². The molecular weight excluding hydrogens is 287 g/mol. The molecule has 2 nitrogen and oxygen atoms in total. The molecular formula is C10H7AsN2S2. The van der Waals surface area contributed by atoms with Gasteiger partial charge in [-0.05, 0) is 0 Å². The zero-order valence-electron chi connectivity index (χ0n) is 7.70. The van der Waals surface area contributed by atoms with Crippen LogP contribution < -0.4 is 4.48 Å². The molecule has 0 spiro atoms. The molecule has 0 aliphatic carbocycles. The molecule has 2 radical (unpaired) electrons. The zero-order chi connectivity index (χ0) is 10.5. The Bertz CT molecular complexity index is 436. The topological polar surface area (TPSA) is 25.8 Å². The molecule has 0 bridgehead atoms. The third kappa shape index (κ3) is 3.26. The summed E-state index contributed by atoms with van der Waals surface area (Å²) in [7, 11) is 3.39. The van der Waals surface area contributed by atoms with Crippen LogP contribution in [0.1, 0.15) is 0 Å². The van der Waals surface area contributed by atoms with E-state index < -0.39 is 0 Å². The Labute approximate surface area is 105 Å². The van der Waals surface area contributed by atoms with Gasteiger partial charge < -0.3 is 0 Å². The molecule has 2 rings (SSSR count). The maximum absolute atomic E-state index is 4.21. The average molecular weight is 294 g/mol. The Morgan fingerprint density at radius 3 is 2.67 bits per heavy atom. The predicted molar refractivity (Wildman–Crippen MR) is 65.6 cm³/mol. The molecule has 0 atom stereocenters. The van der Waals surface area contributed by atoms with Gasteiger partial charge in [-0.3, -0.25) is 0 Å². The predicted octanol–water partition coefficient (Wildman–Crippen LogP) is 2.07. The number of rotatable bonds is 3. The van der Waals surface area contributed by atoms with Gasteiger partial charge in [0, 0.05) is 0 Å². The van der Waals surface area contributed by atoms with Crippen LogP contribution in [0.3, 0.4) is 0 Å². The Morgan fingerprint density at radius 2 is 1.93 bits per heavy atom. The van der Waals surface area contributed by atoms with Gasteiger partial charge in [0.1, 0.15) is 0 Å². The number of hydrogen-bond donors (Lipinski definition) is 0. The van der Waals surface area contributed by atoms with Gasteiger partial charge in [0.2, 0.25) is 0 Å². The van der Waals surface area contributed by atoms with Crippen molar-refractivity contribution in [2.75, 3.05) is 0 Å². The first-order valence-electron chi connectivity index (χ1n) is 4.25. The third-order valence-electron chi connectivity index (χ3n) is 1.61. The van der Waals surface area contributed by atoms with Gasteiger partial charge in [0.15, 0.2) is 0 Å². The molecule has 0 aliphatic heterocycles. The molecule has 0 saturated heterocycles. The van der Waals surface area contributed by atoms with E-state index >= 15 is 0 Å². The van der Waals surface area contributed by atoms with E-state index in [1.165, 1.54) is 4.90 Å². The molecule has 74 valence electrons. The summed E-state index contributed by atoms with van der Waals surface area (Å²) in [5.41, 5.74) is 0. The van der Waals surface area contributed by atoms with E-state index in [1.54, 1.807) is 34.0 Å². The van der Waals surface area contributed by atoms with Gasteiger partial charge in [0.05, 0.1) is 0 Å². The Hall–Kier alpha value is -0.442. The van der Waals surface area contributed by atoms with Gasteiger partial charge in [-0.15, -0.1) is 0 Å². The average Bonchev–Trinajstić information content (AvgIpc) is 2.29. The van der Waals surface area contributed by atoms with Gasteiger partial charge in [-0.25, -0.2) is 0 Å². The maximum atomic E-state index is 4.21. The molecule has 2 aromatic heterocycles. The Balaban J connectivity index is 2.03. The van der Waals surface area contributed by atoms with Crippen molar-refractivity contribution in [3.8, 4) is 0 Å². The number of aromatic nitrogens is 2. The number of pyridine rings is 2. The molecule has 15 heavy (non-hydrogen) atoms. The van der Waals surface area contributed by atoms with Gasteiger partial charge in [0.25, 0.3) is 0 Å². The SMILES string of the molecule is [As]c1ncccc1SSc1cccnc1. The second-order valence-electron chi connectivity index (χ2n) is 2.68. The summed E-state index contributed by atoms with van der Waals surface area (Å²) < 4.78 is 1.01. The normalized spacial score (nSPS) is 10.2. The summed E-state index contributed by atoms with van der Waals surface area (Å²) in [6.07, 6.45) is 5.44. The van der Waals surface area contributed by atoms with Crippen LogP contribution in [0.5, 0.6) is 0 Å². The fraction of sp³-hybridized carbons (Fsp3) is 0. The standard InChI is InChI=1S/C10H7AsN2S2/c11-10-9(4-2-6-13-10)15-14-8-3-1-5-12-7-8/h1-7H. The minimum atomic E-state index is 1.01. The second kappa shape index (κ2) is 5.59. The number of nitrogens with zero attached hydrogens (tertiary/aromatic N) is 2. The van der Waals surface area contributed by atoms with Gasteiger partial charge >= 0.3 is 106 Å². The first-order valence-corrected chi connectivity index (χ1v) is 7.33. The van der Waals surface area contributed by atoms with E-state index in [4.69, 9.17) is 0 Å². The first-order chi connectivity index (χ1) is 7.36. The van der Waals surface area contributed by atoms with Crippen molar-refractivity contribution < 1.29 is 0 Å². The summed E-state index contributed by atoms with van der Waals surface area (Å²) in [5, 5.41) is 0. The summed E-state index contributed by atoms with van der Waals surface area (Å²) >= 11 is 2.48. The molecule has 5 heteroatoms. The Kier molecular flexibility index (Phi) is 4.12. The van der Waals surface area contributed by atoms with Crippen LogP contribution >= 0.6 is 21.6 Å². The summed E-state index contributed by atoms with van der Waals surface area (Å²) in [6.45, 7) is 0. The fourth-order valence-electron chi connectivity index (χ4n) is 0.937. The van der Waals surface area contributed by atoms with Crippen LogP contribution in [0.25, 0.3) is 0 Å². The second-order valence-corrected chi connectivity index (χ2v) is 5.81. The van der Waals surface area contributed by atoms with E-state index in [9.17, 15) is 0 Å². The van der Waals surface area contributed by atoms with E-state index in [0.717, 1.165) is 9.38 Å². The van der Waals surface area contributed by atoms with Crippen LogP contribution in [-0.2, 0) is 0 Å². The molecule has 0 aliphatic rings. The van der Waals surface area contributed by atoms with Crippen molar-refractivity contribution in [3.63, 3.8) is 0 Å². The van der Waals surface area contributed by atoms with Crippen molar-refractivity contribution >= 4 is 42.9 Å². The van der Waals surface area contributed by atoms with Gasteiger partial charge in [-0.2, -0.15) is 0 Å².